The molecule has 0 radical (unpaired) electrons. The summed E-state index contributed by atoms with van der Waals surface area (Å²) in [5.74, 6) is -0.639. The molecule has 11 nitrogen and oxygen atoms in total. The highest BCUT2D eigenvalue weighted by molar-refractivity contribution is 7.87. The van der Waals surface area contributed by atoms with E-state index in [-0.39, 0.29) is 32.0 Å². The van der Waals surface area contributed by atoms with Crippen LogP contribution in [0.1, 0.15) is 6.92 Å². The molecule has 0 fully saturated rings. The third-order valence-corrected chi connectivity index (χ3v) is 7.73. The SMILES string of the molecule is COS(=O)(=O)c1cccc(N2N=C(C)C(/N=N/c3cc(Cl)c(Cl)cc3S(=O)(=O)OC)C2=O)c1. The minimum atomic E-state index is -4.21. The molecule has 1 amide bonds. The minimum Gasteiger partial charge on any atom is -0.270 e. The molecule has 1 aliphatic rings. The van der Waals surface area contributed by atoms with Gasteiger partial charge in [-0.3, -0.25) is 13.2 Å². The first kappa shape index (κ1) is 25.2. The van der Waals surface area contributed by atoms with Crippen molar-refractivity contribution in [3.8, 4) is 0 Å². The Labute approximate surface area is 199 Å². The molecule has 1 atom stereocenters. The topological polar surface area (TPSA) is 144 Å². The van der Waals surface area contributed by atoms with Crippen molar-refractivity contribution in [2.75, 3.05) is 19.2 Å². The number of hydrogen-bond donors (Lipinski definition) is 0. The first-order valence-corrected chi connectivity index (χ1v) is 12.5. The summed E-state index contributed by atoms with van der Waals surface area (Å²) in [5, 5.41) is 12.9. The molecule has 2 aromatic carbocycles. The van der Waals surface area contributed by atoms with Gasteiger partial charge in [-0.15, -0.1) is 0 Å². The van der Waals surface area contributed by atoms with Crippen LogP contribution in [0.2, 0.25) is 10.0 Å². The molecule has 2 aromatic rings. The number of hydrogen-bond acceptors (Lipinski definition) is 10. The molecule has 0 bridgehead atoms. The average molecular weight is 535 g/mol. The van der Waals surface area contributed by atoms with Crippen LogP contribution in [0.25, 0.3) is 0 Å². The summed E-state index contributed by atoms with van der Waals surface area (Å²) in [6.45, 7) is 1.51. The van der Waals surface area contributed by atoms with Crippen molar-refractivity contribution in [1.29, 1.82) is 0 Å². The van der Waals surface area contributed by atoms with Crippen molar-refractivity contribution in [3.05, 3.63) is 46.4 Å². The van der Waals surface area contributed by atoms with Crippen molar-refractivity contribution < 1.29 is 30.0 Å². The third-order valence-electron chi connectivity index (χ3n) is 4.44. The van der Waals surface area contributed by atoms with Gasteiger partial charge >= 0.3 is 0 Å². The summed E-state index contributed by atoms with van der Waals surface area (Å²) >= 11 is 11.9. The Morgan fingerprint density at radius 2 is 1.64 bits per heavy atom. The predicted molar refractivity (Wildman–Crippen MR) is 120 cm³/mol. The Bertz CT molecular complexity index is 1390. The quantitative estimate of drug-likeness (QED) is 0.390. The molecule has 0 spiro atoms. The average Bonchev–Trinajstić information content (AvgIpc) is 3.07. The maximum Gasteiger partial charge on any atom is 0.298 e. The fraction of sp³-hybridized carbons (Fsp3) is 0.222. The van der Waals surface area contributed by atoms with Crippen LogP contribution in [0, 0.1) is 0 Å². The molecule has 33 heavy (non-hydrogen) atoms. The molecule has 15 heteroatoms. The Morgan fingerprint density at radius 3 is 2.27 bits per heavy atom. The van der Waals surface area contributed by atoms with Gasteiger partial charge in [0.2, 0.25) is 0 Å². The number of azo groups is 1. The van der Waals surface area contributed by atoms with Gasteiger partial charge in [0.15, 0.2) is 6.04 Å². The fourth-order valence-corrected chi connectivity index (χ4v) is 4.63. The van der Waals surface area contributed by atoms with Crippen LogP contribution >= 0.6 is 23.2 Å². The van der Waals surface area contributed by atoms with Gasteiger partial charge in [-0.05, 0) is 37.3 Å². The normalized spacial score (nSPS) is 17.1. The van der Waals surface area contributed by atoms with Crippen molar-refractivity contribution in [2.45, 2.75) is 22.8 Å². The van der Waals surface area contributed by atoms with E-state index in [1.807, 2.05) is 0 Å². The Balaban J connectivity index is 1.96. The van der Waals surface area contributed by atoms with E-state index in [0.717, 1.165) is 25.3 Å². The second-order valence-corrected chi connectivity index (χ2v) is 10.7. The largest absolute Gasteiger partial charge is 0.298 e. The number of anilines is 1. The zero-order valence-corrected chi connectivity index (χ0v) is 20.4. The number of carbonyl (C=O) groups is 1. The second kappa shape index (κ2) is 9.44. The number of carbonyl (C=O) groups excluding carboxylic acids is 1. The second-order valence-electron chi connectivity index (χ2n) is 6.48. The molecule has 0 aromatic heterocycles. The summed E-state index contributed by atoms with van der Waals surface area (Å²) in [7, 11) is -6.22. The van der Waals surface area contributed by atoms with E-state index in [4.69, 9.17) is 23.2 Å². The van der Waals surface area contributed by atoms with Gasteiger partial charge in [0.05, 0.1) is 40.6 Å². The molecule has 176 valence electrons. The van der Waals surface area contributed by atoms with Crippen molar-refractivity contribution in [2.24, 2.45) is 15.3 Å². The summed E-state index contributed by atoms with van der Waals surface area (Å²) in [6, 6.07) is 6.45. The van der Waals surface area contributed by atoms with Crippen LogP contribution in [-0.4, -0.2) is 48.7 Å². The smallest absolute Gasteiger partial charge is 0.270 e. The lowest BCUT2D eigenvalue weighted by molar-refractivity contribution is -0.117. The minimum absolute atomic E-state index is 0.0154. The van der Waals surface area contributed by atoms with Crippen LogP contribution in [0.15, 0.2) is 61.5 Å². The van der Waals surface area contributed by atoms with Gasteiger partial charge in [-0.2, -0.15) is 37.2 Å². The molecule has 3 rings (SSSR count). The van der Waals surface area contributed by atoms with Gasteiger partial charge in [-0.25, -0.2) is 0 Å². The van der Waals surface area contributed by atoms with Crippen molar-refractivity contribution in [1.82, 2.24) is 0 Å². The highest BCUT2D eigenvalue weighted by Gasteiger charge is 2.35. The van der Waals surface area contributed by atoms with E-state index in [9.17, 15) is 21.6 Å². The lowest BCUT2D eigenvalue weighted by Crippen LogP contribution is -2.29. The Morgan fingerprint density at radius 1 is 1.00 bits per heavy atom. The summed E-state index contributed by atoms with van der Waals surface area (Å²) < 4.78 is 57.3. The van der Waals surface area contributed by atoms with E-state index in [2.05, 4.69) is 23.7 Å². The van der Waals surface area contributed by atoms with Gasteiger partial charge < -0.3 is 0 Å². The highest BCUT2D eigenvalue weighted by atomic mass is 35.5. The number of nitrogens with zero attached hydrogens (tertiary/aromatic N) is 4. The maximum atomic E-state index is 12.9. The maximum absolute atomic E-state index is 12.9. The van der Waals surface area contributed by atoms with Crippen LogP contribution in [-0.2, 0) is 33.4 Å². The number of hydrazone groups is 1. The Kier molecular flexibility index (Phi) is 7.21. The first-order chi connectivity index (χ1) is 15.4. The molecule has 1 heterocycles. The zero-order valence-electron chi connectivity index (χ0n) is 17.3. The third kappa shape index (κ3) is 5.08. The van der Waals surface area contributed by atoms with Gasteiger partial charge in [-0.1, -0.05) is 29.3 Å². The lowest BCUT2D eigenvalue weighted by Gasteiger charge is -2.13. The molecule has 1 aliphatic heterocycles. The molecular formula is C18H16Cl2N4O7S2. The number of halogens is 2. The van der Waals surface area contributed by atoms with E-state index < -0.39 is 37.1 Å². The molecule has 0 aliphatic carbocycles. The van der Waals surface area contributed by atoms with Crippen LogP contribution in [0.5, 0.6) is 0 Å². The van der Waals surface area contributed by atoms with Crippen molar-refractivity contribution in [3.63, 3.8) is 0 Å². The Hall–Kier alpha value is -2.42. The monoisotopic (exact) mass is 534 g/mol. The summed E-state index contributed by atoms with van der Waals surface area (Å²) in [6.07, 6.45) is 0. The zero-order chi connectivity index (χ0) is 24.6. The standard InChI is InChI=1S/C18H16Cl2N4O7S2/c1-10-17(22-21-15-8-13(19)14(20)9-16(15)33(28,29)31-3)18(25)24(23-10)11-5-4-6-12(7-11)32(26,27)30-2/h4-9,17H,1-3H3/b22-21+. The van der Waals surface area contributed by atoms with E-state index in [1.165, 1.54) is 37.3 Å². The van der Waals surface area contributed by atoms with E-state index >= 15 is 0 Å². The van der Waals surface area contributed by atoms with E-state index in [0.29, 0.717) is 0 Å². The van der Waals surface area contributed by atoms with Crippen molar-refractivity contribution >= 4 is 66.4 Å². The predicted octanol–water partition coefficient (Wildman–Crippen LogP) is 3.54. The molecule has 1 unspecified atom stereocenters. The summed E-state index contributed by atoms with van der Waals surface area (Å²) in [4.78, 5) is 12.4. The van der Waals surface area contributed by atoms with Gasteiger partial charge in [0.1, 0.15) is 10.6 Å². The summed E-state index contributed by atoms with van der Waals surface area (Å²) in [5.41, 5.74) is 0.200. The molecular weight excluding hydrogens is 519 g/mol. The van der Waals surface area contributed by atoms with E-state index in [1.54, 1.807) is 0 Å². The fourth-order valence-electron chi connectivity index (χ4n) is 2.75. The van der Waals surface area contributed by atoms with Gasteiger partial charge in [0, 0.05) is 0 Å². The van der Waals surface area contributed by atoms with Crippen LogP contribution < -0.4 is 5.01 Å². The number of benzene rings is 2. The van der Waals surface area contributed by atoms with Crippen LogP contribution in [0.4, 0.5) is 11.4 Å². The molecule has 0 N–H and O–H groups in total. The lowest BCUT2D eigenvalue weighted by atomic mass is 10.2. The highest BCUT2D eigenvalue weighted by Crippen LogP contribution is 2.35. The van der Waals surface area contributed by atoms with Gasteiger partial charge in [0.25, 0.3) is 26.1 Å². The first-order valence-electron chi connectivity index (χ1n) is 8.91. The number of rotatable bonds is 7. The number of amides is 1. The molecule has 0 saturated heterocycles. The van der Waals surface area contributed by atoms with Crippen LogP contribution in [0.3, 0.4) is 0 Å². The molecule has 0 saturated carbocycles.